The van der Waals surface area contributed by atoms with Gasteiger partial charge in [0.05, 0.1) is 6.61 Å². The molecule has 0 spiro atoms. The number of aryl methyl sites for hydroxylation is 1. The average Bonchev–Trinajstić information content (AvgIpc) is 2.82. The van der Waals surface area contributed by atoms with Crippen LogP contribution in [0.4, 0.5) is 5.13 Å². The Balaban J connectivity index is 1.65. The van der Waals surface area contributed by atoms with Crippen molar-refractivity contribution in [3.05, 3.63) is 34.3 Å². The third kappa shape index (κ3) is 4.79. The molecule has 106 valence electrons. The average molecular weight is 312 g/mol. The zero-order chi connectivity index (χ0) is 14.4. The minimum Gasteiger partial charge on any atom is -0.494 e. The van der Waals surface area contributed by atoms with Crippen LogP contribution in [0.1, 0.15) is 17.8 Å². The SMILES string of the molecule is Cc1nnc(NC(=O)CCCOc2ccc(Cl)cc2)s1. The molecule has 0 saturated carbocycles. The molecule has 1 heterocycles. The van der Waals surface area contributed by atoms with Gasteiger partial charge in [-0.1, -0.05) is 22.9 Å². The Morgan fingerprint density at radius 2 is 2.10 bits per heavy atom. The second-order valence-corrected chi connectivity index (χ2v) is 5.70. The molecular formula is C13H14ClN3O2S. The molecule has 0 saturated heterocycles. The molecule has 5 nitrogen and oxygen atoms in total. The molecule has 0 bridgehead atoms. The van der Waals surface area contributed by atoms with Crippen molar-refractivity contribution in [2.75, 3.05) is 11.9 Å². The third-order valence-corrected chi connectivity index (χ3v) is 3.41. The number of hydrogen-bond acceptors (Lipinski definition) is 5. The van der Waals surface area contributed by atoms with Gasteiger partial charge in [0.2, 0.25) is 11.0 Å². The van der Waals surface area contributed by atoms with Crippen LogP contribution >= 0.6 is 22.9 Å². The predicted molar refractivity (Wildman–Crippen MR) is 79.5 cm³/mol. The van der Waals surface area contributed by atoms with Crippen molar-refractivity contribution < 1.29 is 9.53 Å². The van der Waals surface area contributed by atoms with Crippen molar-refractivity contribution >= 4 is 34.0 Å². The molecule has 20 heavy (non-hydrogen) atoms. The second-order valence-electron chi connectivity index (χ2n) is 4.08. The van der Waals surface area contributed by atoms with E-state index in [2.05, 4.69) is 15.5 Å². The number of carbonyl (C=O) groups excluding carboxylic acids is 1. The quantitative estimate of drug-likeness (QED) is 0.831. The third-order valence-electron chi connectivity index (χ3n) is 2.40. The van der Waals surface area contributed by atoms with E-state index < -0.39 is 0 Å². The first-order chi connectivity index (χ1) is 9.63. The van der Waals surface area contributed by atoms with Gasteiger partial charge >= 0.3 is 0 Å². The molecule has 0 aliphatic carbocycles. The van der Waals surface area contributed by atoms with Crippen LogP contribution in [-0.2, 0) is 4.79 Å². The standard InChI is InChI=1S/C13H14ClN3O2S/c1-9-16-17-13(20-9)15-12(18)3-2-8-19-11-6-4-10(14)5-7-11/h4-7H,2-3,8H2,1H3,(H,15,17,18). The molecule has 2 aromatic rings. The van der Waals surface area contributed by atoms with E-state index in [-0.39, 0.29) is 5.91 Å². The summed E-state index contributed by atoms with van der Waals surface area (Å²) in [5.74, 6) is 0.662. The first-order valence-electron chi connectivity index (χ1n) is 6.12. The topological polar surface area (TPSA) is 64.1 Å². The van der Waals surface area contributed by atoms with Crippen LogP contribution in [0.5, 0.6) is 5.75 Å². The van der Waals surface area contributed by atoms with Crippen LogP contribution in [0, 0.1) is 6.92 Å². The lowest BCUT2D eigenvalue weighted by atomic mass is 10.3. The number of aromatic nitrogens is 2. The van der Waals surface area contributed by atoms with Crippen molar-refractivity contribution in [3.8, 4) is 5.75 Å². The fourth-order valence-electron chi connectivity index (χ4n) is 1.48. The molecule has 0 unspecified atom stereocenters. The summed E-state index contributed by atoms with van der Waals surface area (Å²) < 4.78 is 5.50. The van der Waals surface area contributed by atoms with Crippen LogP contribution in [-0.4, -0.2) is 22.7 Å². The number of carbonyl (C=O) groups is 1. The molecule has 0 radical (unpaired) electrons. The number of anilines is 1. The highest BCUT2D eigenvalue weighted by Crippen LogP contribution is 2.16. The lowest BCUT2D eigenvalue weighted by Crippen LogP contribution is -2.12. The van der Waals surface area contributed by atoms with Crippen molar-refractivity contribution in [2.45, 2.75) is 19.8 Å². The number of rotatable bonds is 6. The van der Waals surface area contributed by atoms with Gasteiger partial charge in [-0.15, -0.1) is 10.2 Å². The van der Waals surface area contributed by atoms with Gasteiger partial charge < -0.3 is 10.1 Å². The van der Waals surface area contributed by atoms with Crippen molar-refractivity contribution in [3.63, 3.8) is 0 Å². The van der Waals surface area contributed by atoms with E-state index in [0.29, 0.717) is 29.6 Å². The number of benzene rings is 1. The monoisotopic (exact) mass is 311 g/mol. The number of hydrogen-bond donors (Lipinski definition) is 1. The summed E-state index contributed by atoms with van der Waals surface area (Å²) in [6, 6.07) is 7.13. The van der Waals surface area contributed by atoms with Gasteiger partial charge in [-0.25, -0.2) is 0 Å². The summed E-state index contributed by atoms with van der Waals surface area (Å²) in [5.41, 5.74) is 0. The molecule has 0 atom stereocenters. The Kier molecular flexibility index (Phi) is 5.31. The maximum atomic E-state index is 11.6. The second kappa shape index (κ2) is 7.21. The molecule has 0 aliphatic heterocycles. The Hall–Kier alpha value is -1.66. The van der Waals surface area contributed by atoms with Crippen molar-refractivity contribution in [1.29, 1.82) is 0 Å². The Bertz CT molecular complexity index is 571. The molecule has 1 N–H and O–H groups in total. The predicted octanol–water partition coefficient (Wildman–Crippen LogP) is 3.30. The number of nitrogens with one attached hydrogen (secondary N) is 1. The van der Waals surface area contributed by atoms with Crippen LogP contribution in [0.25, 0.3) is 0 Å². The molecular weight excluding hydrogens is 298 g/mol. The van der Waals surface area contributed by atoms with Gasteiger partial charge in [0.15, 0.2) is 0 Å². The van der Waals surface area contributed by atoms with Gasteiger partial charge in [0.25, 0.3) is 0 Å². The number of amides is 1. The fourth-order valence-corrected chi connectivity index (χ4v) is 2.22. The van der Waals surface area contributed by atoms with E-state index in [1.807, 2.05) is 6.92 Å². The molecule has 0 aliphatic rings. The summed E-state index contributed by atoms with van der Waals surface area (Å²) in [6.07, 6.45) is 1.01. The first-order valence-corrected chi connectivity index (χ1v) is 7.31. The fraction of sp³-hybridized carbons (Fsp3) is 0.308. The zero-order valence-electron chi connectivity index (χ0n) is 10.9. The number of ether oxygens (including phenoxy) is 1. The summed E-state index contributed by atoms with van der Waals surface area (Å²) in [5, 5.41) is 12.4. The van der Waals surface area contributed by atoms with E-state index in [4.69, 9.17) is 16.3 Å². The van der Waals surface area contributed by atoms with Crippen LogP contribution in [0.3, 0.4) is 0 Å². The molecule has 7 heteroatoms. The van der Waals surface area contributed by atoms with E-state index >= 15 is 0 Å². The normalized spacial score (nSPS) is 10.3. The van der Waals surface area contributed by atoms with Gasteiger partial charge in [0, 0.05) is 11.4 Å². The minimum atomic E-state index is -0.0825. The van der Waals surface area contributed by atoms with E-state index in [0.717, 1.165) is 10.8 Å². The van der Waals surface area contributed by atoms with Crippen LogP contribution in [0.2, 0.25) is 5.02 Å². The van der Waals surface area contributed by atoms with Gasteiger partial charge in [-0.05, 0) is 37.6 Å². The molecule has 1 aromatic heterocycles. The summed E-state index contributed by atoms with van der Waals surface area (Å²) in [6.45, 7) is 2.32. The van der Waals surface area contributed by atoms with Crippen molar-refractivity contribution in [2.24, 2.45) is 0 Å². The summed E-state index contributed by atoms with van der Waals surface area (Å²) in [7, 11) is 0. The number of nitrogens with zero attached hydrogens (tertiary/aromatic N) is 2. The number of halogens is 1. The van der Waals surface area contributed by atoms with Gasteiger partial charge in [0.1, 0.15) is 10.8 Å². The zero-order valence-corrected chi connectivity index (χ0v) is 12.5. The smallest absolute Gasteiger partial charge is 0.226 e. The Morgan fingerprint density at radius 1 is 1.35 bits per heavy atom. The van der Waals surface area contributed by atoms with Crippen LogP contribution < -0.4 is 10.1 Å². The summed E-state index contributed by atoms with van der Waals surface area (Å²) in [4.78, 5) is 11.6. The lowest BCUT2D eigenvalue weighted by Gasteiger charge is -2.05. The first kappa shape index (κ1) is 14.7. The molecule has 1 aromatic carbocycles. The Labute approximate surface area is 125 Å². The maximum absolute atomic E-state index is 11.6. The molecule has 2 rings (SSSR count). The highest BCUT2D eigenvalue weighted by atomic mass is 35.5. The van der Waals surface area contributed by atoms with Crippen LogP contribution in [0.15, 0.2) is 24.3 Å². The van der Waals surface area contributed by atoms with E-state index in [9.17, 15) is 4.79 Å². The molecule has 0 fully saturated rings. The molecule has 1 amide bonds. The summed E-state index contributed by atoms with van der Waals surface area (Å²) >= 11 is 7.13. The van der Waals surface area contributed by atoms with Gasteiger partial charge in [-0.2, -0.15) is 0 Å². The maximum Gasteiger partial charge on any atom is 0.226 e. The van der Waals surface area contributed by atoms with Gasteiger partial charge in [-0.3, -0.25) is 4.79 Å². The highest BCUT2D eigenvalue weighted by molar-refractivity contribution is 7.15. The lowest BCUT2D eigenvalue weighted by molar-refractivity contribution is -0.116. The van der Waals surface area contributed by atoms with E-state index in [1.54, 1.807) is 24.3 Å². The Morgan fingerprint density at radius 3 is 2.75 bits per heavy atom. The van der Waals surface area contributed by atoms with E-state index in [1.165, 1.54) is 11.3 Å². The highest BCUT2D eigenvalue weighted by Gasteiger charge is 2.06. The minimum absolute atomic E-state index is 0.0825. The van der Waals surface area contributed by atoms with Crippen molar-refractivity contribution in [1.82, 2.24) is 10.2 Å². The largest absolute Gasteiger partial charge is 0.494 e.